The van der Waals surface area contributed by atoms with Crippen LogP contribution in [0.5, 0.6) is 11.5 Å². The Hall–Kier alpha value is -3.14. The van der Waals surface area contributed by atoms with Gasteiger partial charge >= 0.3 is 13.2 Å². The Morgan fingerprint density at radius 2 is 1.63 bits per heavy atom. The molecular formula is C20H16F4N2O3S. The quantitative estimate of drug-likeness (QED) is 0.307. The molecule has 10 heteroatoms. The van der Waals surface area contributed by atoms with Crippen LogP contribution in [0, 0.1) is 0 Å². The zero-order chi connectivity index (χ0) is 21.7. The van der Waals surface area contributed by atoms with Crippen LogP contribution in [0.2, 0.25) is 0 Å². The molecule has 0 fully saturated rings. The molecule has 0 spiro atoms. The lowest BCUT2D eigenvalue weighted by Crippen LogP contribution is -2.16. The molecular weight excluding hydrogens is 424 g/mol. The maximum Gasteiger partial charge on any atom is 0.387 e. The van der Waals surface area contributed by atoms with Crippen molar-refractivity contribution >= 4 is 28.5 Å². The lowest BCUT2D eigenvalue weighted by atomic mass is 10.1. The number of nitrogens with zero attached hydrogens (tertiary/aromatic N) is 2. The van der Waals surface area contributed by atoms with Crippen LogP contribution in [-0.2, 0) is 6.54 Å². The molecule has 0 aliphatic carbocycles. The molecule has 2 aromatic carbocycles. The lowest BCUT2D eigenvalue weighted by Gasteiger charge is -2.25. The summed E-state index contributed by atoms with van der Waals surface area (Å²) >= 11 is 1.39. The van der Waals surface area contributed by atoms with Gasteiger partial charge in [0.05, 0.1) is 12.1 Å². The van der Waals surface area contributed by atoms with Gasteiger partial charge in [-0.15, -0.1) is 11.3 Å². The number of benzene rings is 2. The number of carbonyl (C=O) groups is 1. The number of anilines is 2. The number of hydrogen-bond acceptors (Lipinski definition) is 6. The van der Waals surface area contributed by atoms with Gasteiger partial charge in [-0.2, -0.15) is 17.6 Å². The van der Waals surface area contributed by atoms with Gasteiger partial charge in [0.2, 0.25) is 0 Å². The second kappa shape index (κ2) is 9.57. The fraction of sp³-hybridized carbons (Fsp3) is 0.200. The normalized spacial score (nSPS) is 11.0. The second-order valence-electron chi connectivity index (χ2n) is 6.04. The first-order valence-electron chi connectivity index (χ1n) is 8.63. The molecule has 0 saturated heterocycles. The maximum atomic E-state index is 12.8. The summed E-state index contributed by atoms with van der Waals surface area (Å²) in [6.45, 7) is -4.64. The van der Waals surface area contributed by atoms with E-state index in [9.17, 15) is 22.4 Å². The van der Waals surface area contributed by atoms with E-state index in [2.05, 4.69) is 14.5 Å². The molecule has 0 aliphatic rings. The van der Waals surface area contributed by atoms with Gasteiger partial charge in [-0.05, 0) is 43.3 Å². The van der Waals surface area contributed by atoms with Crippen molar-refractivity contribution < 1.29 is 31.8 Å². The Balaban J connectivity index is 2.02. The molecule has 0 aliphatic heterocycles. The Morgan fingerprint density at radius 1 is 1.00 bits per heavy atom. The minimum Gasteiger partial charge on any atom is -0.431 e. The summed E-state index contributed by atoms with van der Waals surface area (Å²) in [5.74, 6) is -1.12. The average molecular weight is 440 g/mol. The largest absolute Gasteiger partial charge is 0.431 e. The lowest BCUT2D eigenvalue weighted by molar-refractivity contribution is -0.0692. The first kappa shape index (κ1) is 21.6. The van der Waals surface area contributed by atoms with Crippen molar-refractivity contribution in [3.05, 3.63) is 64.6 Å². The van der Waals surface area contributed by atoms with E-state index in [1.807, 2.05) is 0 Å². The van der Waals surface area contributed by atoms with Gasteiger partial charge < -0.3 is 14.4 Å². The number of alkyl halides is 4. The van der Waals surface area contributed by atoms with Crippen LogP contribution in [0.25, 0.3) is 0 Å². The molecule has 1 aromatic heterocycles. The van der Waals surface area contributed by atoms with Gasteiger partial charge in [-0.1, -0.05) is 0 Å². The van der Waals surface area contributed by atoms with E-state index in [4.69, 9.17) is 0 Å². The van der Waals surface area contributed by atoms with Crippen LogP contribution < -0.4 is 14.4 Å². The number of Topliss-reactive ketones (excluding diaryl/α,β-unsaturated/α-hetero) is 1. The Kier molecular flexibility index (Phi) is 6.88. The molecule has 0 amide bonds. The Labute approximate surface area is 173 Å². The van der Waals surface area contributed by atoms with E-state index in [0.29, 0.717) is 23.5 Å². The third kappa shape index (κ3) is 5.47. The molecule has 0 N–H and O–H groups in total. The van der Waals surface area contributed by atoms with Crippen LogP contribution >= 0.6 is 11.3 Å². The highest BCUT2D eigenvalue weighted by molar-refractivity contribution is 7.09. The number of ether oxygens (including phenoxy) is 2. The fourth-order valence-corrected chi connectivity index (χ4v) is 3.31. The van der Waals surface area contributed by atoms with Crippen molar-refractivity contribution in [3.8, 4) is 11.5 Å². The molecule has 0 unspecified atom stereocenters. The molecule has 3 rings (SSSR count). The third-order valence-corrected chi connectivity index (χ3v) is 4.82. The van der Waals surface area contributed by atoms with E-state index in [-0.39, 0.29) is 5.78 Å². The number of rotatable bonds is 9. The predicted octanol–water partition coefficient (Wildman–Crippen LogP) is 5.89. The number of halogens is 4. The van der Waals surface area contributed by atoms with Crippen LogP contribution in [0.3, 0.4) is 0 Å². The van der Waals surface area contributed by atoms with Crippen LogP contribution in [0.4, 0.5) is 28.9 Å². The monoisotopic (exact) mass is 440 g/mol. The van der Waals surface area contributed by atoms with Crippen molar-refractivity contribution in [3.63, 3.8) is 0 Å². The molecule has 0 saturated carbocycles. The average Bonchev–Trinajstić information content (AvgIpc) is 3.20. The molecule has 5 nitrogen and oxygen atoms in total. The van der Waals surface area contributed by atoms with Crippen LogP contribution in [-0.4, -0.2) is 24.0 Å². The number of ketones is 1. The first-order chi connectivity index (χ1) is 14.3. The van der Waals surface area contributed by atoms with Gasteiger partial charge in [-0.3, -0.25) is 9.78 Å². The molecule has 0 radical (unpaired) electrons. The smallest absolute Gasteiger partial charge is 0.387 e. The summed E-state index contributed by atoms with van der Waals surface area (Å²) in [4.78, 5) is 18.2. The van der Waals surface area contributed by atoms with E-state index in [1.54, 1.807) is 40.9 Å². The SMILES string of the molecule is CC(=O)c1ccc(N(Cc2cncs2)c2ccc(OC(F)F)c(OC(F)F)c2)cc1. The third-order valence-electron chi connectivity index (χ3n) is 4.05. The van der Waals surface area contributed by atoms with E-state index in [1.165, 1.54) is 30.4 Å². The van der Waals surface area contributed by atoms with Gasteiger partial charge in [0.25, 0.3) is 0 Å². The summed E-state index contributed by atoms with van der Waals surface area (Å²) in [6.07, 6.45) is 1.66. The second-order valence-corrected chi connectivity index (χ2v) is 7.02. The van der Waals surface area contributed by atoms with E-state index < -0.39 is 24.7 Å². The number of carbonyl (C=O) groups excluding carboxylic acids is 1. The highest BCUT2D eigenvalue weighted by Gasteiger charge is 2.19. The van der Waals surface area contributed by atoms with E-state index in [0.717, 1.165) is 10.9 Å². The summed E-state index contributed by atoms with van der Waals surface area (Å²) in [5.41, 5.74) is 3.21. The Bertz CT molecular complexity index is 982. The molecule has 30 heavy (non-hydrogen) atoms. The van der Waals surface area contributed by atoms with Crippen molar-refractivity contribution in [2.24, 2.45) is 0 Å². The van der Waals surface area contributed by atoms with Gasteiger partial charge in [0, 0.05) is 34.1 Å². The van der Waals surface area contributed by atoms with Crippen LogP contribution in [0.1, 0.15) is 22.2 Å². The van der Waals surface area contributed by atoms with Crippen LogP contribution in [0.15, 0.2) is 54.2 Å². The molecule has 0 atom stereocenters. The topological polar surface area (TPSA) is 51.7 Å². The van der Waals surface area contributed by atoms with Gasteiger partial charge in [0.1, 0.15) is 0 Å². The fourth-order valence-electron chi connectivity index (χ4n) is 2.73. The molecule has 0 bridgehead atoms. The van der Waals surface area contributed by atoms with Crippen molar-refractivity contribution in [2.45, 2.75) is 26.7 Å². The Morgan fingerprint density at radius 3 is 2.20 bits per heavy atom. The minimum atomic E-state index is -3.22. The number of thiazole rings is 1. The summed E-state index contributed by atoms with van der Waals surface area (Å²) in [6, 6.07) is 10.5. The first-order valence-corrected chi connectivity index (χ1v) is 9.51. The zero-order valence-corrected chi connectivity index (χ0v) is 16.4. The minimum absolute atomic E-state index is 0.100. The van der Waals surface area contributed by atoms with Gasteiger partial charge in [0.15, 0.2) is 17.3 Å². The highest BCUT2D eigenvalue weighted by atomic mass is 32.1. The standard InChI is InChI=1S/C20H16F4N2O3S/c1-12(27)13-2-4-14(5-3-13)26(10-16-9-25-11-30-16)15-6-7-17(28-19(21)22)18(8-15)29-20(23)24/h2-9,11,19-20H,10H2,1H3. The maximum absolute atomic E-state index is 12.8. The summed E-state index contributed by atoms with van der Waals surface area (Å²) < 4.78 is 59.5. The summed E-state index contributed by atoms with van der Waals surface area (Å²) in [7, 11) is 0. The number of hydrogen-bond donors (Lipinski definition) is 0. The van der Waals surface area contributed by atoms with Gasteiger partial charge in [-0.25, -0.2) is 0 Å². The van der Waals surface area contributed by atoms with Crippen molar-refractivity contribution in [1.29, 1.82) is 0 Å². The molecule has 3 aromatic rings. The highest BCUT2D eigenvalue weighted by Crippen LogP contribution is 2.37. The zero-order valence-electron chi connectivity index (χ0n) is 15.6. The van der Waals surface area contributed by atoms with Crippen molar-refractivity contribution in [1.82, 2.24) is 4.98 Å². The predicted molar refractivity (Wildman–Crippen MR) is 104 cm³/mol. The molecule has 1 heterocycles. The molecule has 158 valence electrons. The number of aromatic nitrogens is 1. The summed E-state index contributed by atoms with van der Waals surface area (Å²) in [5, 5.41) is 0. The van der Waals surface area contributed by atoms with Crippen molar-refractivity contribution in [2.75, 3.05) is 4.90 Å². The van der Waals surface area contributed by atoms with E-state index >= 15 is 0 Å².